The number of benzene rings is 4. The van der Waals surface area contributed by atoms with E-state index in [1.807, 2.05) is 0 Å². The smallest absolute Gasteiger partial charge is 0.343 e. The van der Waals surface area contributed by atoms with Crippen molar-refractivity contribution in [3.05, 3.63) is 108 Å². The average molecular weight is 823 g/mol. The standard InChI is InChI=1S/C51H66O9/c1-4-7-10-13-16-19-34-55-43-28-22-40(23-29-43)49(52)58-46-37-47(59-50(53)41-24-30-44(31-25-41)56-35-20-17-14-11-8-5-2)39-48(38-46)60-51(54)42-26-32-45(33-27-42)57-36-21-18-15-12-9-6-3/h22-33,37-39H,4-21,34-36H2,1-3H3. The van der Waals surface area contributed by atoms with E-state index < -0.39 is 17.9 Å². The van der Waals surface area contributed by atoms with E-state index in [0.29, 0.717) is 53.8 Å². The van der Waals surface area contributed by atoms with Gasteiger partial charge in [0, 0.05) is 18.2 Å². The molecule has 0 aliphatic rings. The summed E-state index contributed by atoms with van der Waals surface area (Å²) in [5.41, 5.74) is 0.876. The van der Waals surface area contributed by atoms with Crippen molar-refractivity contribution in [2.75, 3.05) is 19.8 Å². The first-order valence-electron chi connectivity index (χ1n) is 22.4. The number of ether oxygens (including phenoxy) is 6. The molecule has 0 N–H and O–H groups in total. The highest BCUT2D eigenvalue weighted by atomic mass is 16.6. The Hall–Kier alpha value is -5.31. The Kier molecular flexibility index (Phi) is 22.3. The van der Waals surface area contributed by atoms with Gasteiger partial charge in [0.05, 0.1) is 36.5 Å². The summed E-state index contributed by atoms with van der Waals surface area (Å²) in [6.45, 7) is 8.44. The van der Waals surface area contributed by atoms with E-state index in [0.717, 1.165) is 38.5 Å². The molecule has 324 valence electrons. The maximum atomic E-state index is 13.3. The Labute approximate surface area is 358 Å². The van der Waals surface area contributed by atoms with Gasteiger partial charge < -0.3 is 28.4 Å². The van der Waals surface area contributed by atoms with E-state index in [9.17, 15) is 14.4 Å². The summed E-state index contributed by atoms with van der Waals surface area (Å²) in [6, 6.07) is 24.4. The van der Waals surface area contributed by atoms with Crippen LogP contribution < -0.4 is 28.4 Å². The van der Waals surface area contributed by atoms with Crippen molar-refractivity contribution >= 4 is 17.9 Å². The zero-order valence-corrected chi connectivity index (χ0v) is 36.2. The van der Waals surface area contributed by atoms with Gasteiger partial charge in [-0.3, -0.25) is 0 Å². The Bertz CT molecular complexity index is 1590. The van der Waals surface area contributed by atoms with Crippen LogP contribution >= 0.6 is 0 Å². The van der Waals surface area contributed by atoms with Gasteiger partial charge in [-0.2, -0.15) is 0 Å². The molecule has 0 aliphatic carbocycles. The normalized spacial score (nSPS) is 10.8. The van der Waals surface area contributed by atoms with Gasteiger partial charge in [0.25, 0.3) is 0 Å². The van der Waals surface area contributed by atoms with Crippen molar-refractivity contribution in [3.63, 3.8) is 0 Å². The van der Waals surface area contributed by atoms with E-state index in [4.69, 9.17) is 28.4 Å². The SMILES string of the molecule is CCCCCCCCOc1ccc(C(=O)Oc2cc(OC(=O)c3ccc(OCCCCCCCC)cc3)cc(OC(=O)c3ccc(OCCCCCCCC)cc3)c2)cc1. The monoisotopic (exact) mass is 822 g/mol. The highest BCUT2D eigenvalue weighted by Crippen LogP contribution is 2.30. The molecule has 0 fully saturated rings. The summed E-state index contributed by atoms with van der Waals surface area (Å²) in [6.07, 6.45) is 21.0. The number of unbranched alkanes of at least 4 members (excludes halogenated alkanes) is 15. The first kappa shape index (κ1) is 47.4. The van der Waals surface area contributed by atoms with E-state index in [1.165, 1.54) is 95.2 Å². The first-order valence-corrected chi connectivity index (χ1v) is 22.4. The van der Waals surface area contributed by atoms with Crippen molar-refractivity contribution in [1.29, 1.82) is 0 Å². The van der Waals surface area contributed by atoms with Gasteiger partial charge in [-0.05, 0) is 92.1 Å². The Morgan fingerprint density at radius 1 is 0.317 bits per heavy atom. The van der Waals surface area contributed by atoms with Crippen LogP contribution in [-0.4, -0.2) is 37.7 Å². The predicted molar refractivity (Wildman–Crippen MR) is 237 cm³/mol. The average Bonchev–Trinajstić information content (AvgIpc) is 3.26. The van der Waals surface area contributed by atoms with Gasteiger partial charge >= 0.3 is 17.9 Å². The molecule has 0 saturated carbocycles. The summed E-state index contributed by atoms with van der Waals surface area (Å²) in [5.74, 6) is 0.119. The Balaban J connectivity index is 1.39. The first-order chi connectivity index (χ1) is 29.4. The topological polar surface area (TPSA) is 107 Å². The quantitative estimate of drug-likeness (QED) is 0.0289. The lowest BCUT2D eigenvalue weighted by Crippen LogP contribution is -2.12. The molecule has 0 unspecified atom stereocenters. The highest BCUT2D eigenvalue weighted by molar-refractivity contribution is 5.93. The van der Waals surface area contributed by atoms with Crippen LogP contribution in [0, 0.1) is 0 Å². The van der Waals surface area contributed by atoms with Crippen LogP contribution in [0.15, 0.2) is 91.0 Å². The van der Waals surface area contributed by atoms with Crippen LogP contribution in [0.25, 0.3) is 0 Å². The third-order valence-corrected chi connectivity index (χ3v) is 10.1. The largest absolute Gasteiger partial charge is 0.494 e. The maximum absolute atomic E-state index is 13.3. The summed E-state index contributed by atoms with van der Waals surface area (Å²) < 4.78 is 34.8. The molecule has 0 bridgehead atoms. The van der Waals surface area contributed by atoms with E-state index in [1.54, 1.807) is 72.8 Å². The minimum absolute atomic E-state index is 0.0217. The number of hydrogen-bond acceptors (Lipinski definition) is 9. The fourth-order valence-corrected chi connectivity index (χ4v) is 6.50. The molecule has 9 heteroatoms. The number of esters is 3. The molecule has 0 aliphatic heterocycles. The van der Waals surface area contributed by atoms with Crippen molar-refractivity contribution in [3.8, 4) is 34.5 Å². The third kappa shape index (κ3) is 18.3. The zero-order valence-electron chi connectivity index (χ0n) is 36.2. The molecule has 0 amide bonds. The fourth-order valence-electron chi connectivity index (χ4n) is 6.50. The van der Waals surface area contributed by atoms with Gasteiger partial charge in [0.15, 0.2) is 0 Å². The van der Waals surface area contributed by atoms with E-state index in [-0.39, 0.29) is 17.2 Å². The zero-order chi connectivity index (χ0) is 42.6. The summed E-state index contributed by atoms with van der Waals surface area (Å²) in [5, 5.41) is 0. The third-order valence-electron chi connectivity index (χ3n) is 10.1. The molecule has 0 atom stereocenters. The van der Waals surface area contributed by atoms with Crippen molar-refractivity contribution in [2.45, 2.75) is 136 Å². The molecule has 0 aromatic heterocycles. The summed E-state index contributed by atoms with van der Waals surface area (Å²) >= 11 is 0. The van der Waals surface area contributed by atoms with Gasteiger partial charge in [0.1, 0.15) is 34.5 Å². The lowest BCUT2D eigenvalue weighted by molar-refractivity contribution is 0.0730. The van der Waals surface area contributed by atoms with Crippen molar-refractivity contribution < 1.29 is 42.8 Å². The number of carbonyl (C=O) groups is 3. The molecule has 4 aromatic rings. The van der Waals surface area contributed by atoms with Crippen LogP contribution in [0.1, 0.15) is 167 Å². The lowest BCUT2D eigenvalue weighted by Gasteiger charge is -2.12. The van der Waals surface area contributed by atoms with Gasteiger partial charge in [-0.1, -0.05) is 117 Å². The van der Waals surface area contributed by atoms with E-state index in [2.05, 4.69) is 20.8 Å². The maximum Gasteiger partial charge on any atom is 0.343 e. The van der Waals surface area contributed by atoms with Crippen LogP contribution in [0.3, 0.4) is 0 Å². The number of hydrogen-bond donors (Lipinski definition) is 0. The van der Waals surface area contributed by atoms with Crippen LogP contribution in [-0.2, 0) is 0 Å². The summed E-state index contributed by atoms with van der Waals surface area (Å²) in [4.78, 5) is 39.9. The van der Waals surface area contributed by atoms with Crippen LogP contribution in [0.4, 0.5) is 0 Å². The Morgan fingerprint density at radius 3 is 0.800 bits per heavy atom. The van der Waals surface area contributed by atoms with Gasteiger partial charge in [-0.25, -0.2) is 14.4 Å². The molecular formula is C51H66O9. The molecule has 4 rings (SSSR count). The van der Waals surface area contributed by atoms with Crippen LogP contribution in [0.5, 0.6) is 34.5 Å². The van der Waals surface area contributed by atoms with Crippen LogP contribution in [0.2, 0.25) is 0 Å². The van der Waals surface area contributed by atoms with Crippen molar-refractivity contribution in [1.82, 2.24) is 0 Å². The lowest BCUT2D eigenvalue weighted by atomic mass is 10.1. The van der Waals surface area contributed by atoms with Gasteiger partial charge in [0.2, 0.25) is 0 Å². The second-order valence-corrected chi connectivity index (χ2v) is 15.2. The second kappa shape index (κ2) is 28.2. The van der Waals surface area contributed by atoms with Crippen molar-refractivity contribution in [2.24, 2.45) is 0 Å². The molecule has 0 saturated heterocycles. The second-order valence-electron chi connectivity index (χ2n) is 15.2. The molecule has 9 nitrogen and oxygen atoms in total. The number of rotatable bonds is 30. The van der Waals surface area contributed by atoms with Gasteiger partial charge in [-0.15, -0.1) is 0 Å². The predicted octanol–water partition coefficient (Wildman–Crippen LogP) is 13.6. The summed E-state index contributed by atoms with van der Waals surface area (Å²) in [7, 11) is 0. The molecule has 4 aromatic carbocycles. The fraction of sp³-hybridized carbons (Fsp3) is 0.471. The highest BCUT2D eigenvalue weighted by Gasteiger charge is 2.17. The number of carbonyl (C=O) groups excluding carboxylic acids is 3. The molecular weight excluding hydrogens is 757 g/mol. The molecule has 0 heterocycles. The van der Waals surface area contributed by atoms with E-state index >= 15 is 0 Å². The minimum atomic E-state index is -0.647. The minimum Gasteiger partial charge on any atom is -0.494 e. The molecule has 60 heavy (non-hydrogen) atoms. The molecule has 0 radical (unpaired) electrons. The molecule has 0 spiro atoms. The Morgan fingerprint density at radius 2 is 0.550 bits per heavy atom.